The van der Waals surface area contributed by atoms with Crippen molar-refractivity contribution in [1.82, 2.24) is 9.55 Å². The molecule has 0 aliphatic carbocycles. The average molecular weight is 282 g/mol. The molecule has 1 N–H and O–H groups in total. The lowest BCUT2D eigenvalue weighted by atomic mass is 10.1. The van der Waals surface area contributed by atoms with Gasteiger partial charge in [0.2, 0.25) is 6.33 Å². The number of hydrogen-bond donors (Lipinski definition) is 1. The molecule has 0 saturated heterocycles. The molecule has 2 rings (SSSR count). The Morgan fingerprint density at radius 2 is 2.26 bits per heavy atom. The van der Waals surface area contributed by atoms with Gasteiger partial charge >= 0.3 is 5.82 Å². The summed E-state index contributed by atoms with van der Waals surface area (Å²) in [4.78, 5) is 25.3. The van der Waals surface area contributed by atoms with Gasteiger partial charge in [0.1, 0.15) is 11.9 Å². The van der Waals surface area contributed by atoms with Crippen LogP contribution in [-0.2, 0) is 6.54 Å². The number of aromatic nitrogens is 2. The molecular weight excluding hydrogens is 274 g/mol. The maximum atomic E-state index is 11.9. The Kier molecular flexibility index (Phi) is 3.48. The van der Waals surface area contributed by atoms with E-state index in [1.165, 1.54) is 29.1 Å². The molecule has 0 radical (unpaired) electrons. The first-order valence-corrected chi connectivity index (χ1v) is 5.53. The van der Waals surface area contributed by atoms with Crippen LogP contribution in [0.25, 0.3) is 0 Å². The van der Waals surface area contributed by atoms with E-state index in [4.69, 9.17) is 11.6 Å². The molecule has 0 saturated carbocycles. The number of carbonyl (C=O) groups excluding carboxylic acids is 1. The number of rotatable bonds is 4. The Labute approximate surface area is 112 Å². The Morgan fingerprint density at radius 3 is 2.89 bits per heavy atom. The Balaban J connectivity index is 2.20. The molecule has 0 aliphatic rings. The van der Waals surface area contributed by atoms with Crippen molar-refractivity contribution in [3.8, 4) is 5.75 Å². The zero-order valence-corrected chi connectivity index (χ0v) is 10.2. The van der Waals surface area contributed by atoms with Crippen LogP contribution in [0.1, 0.15) is 10.4 Å². The summed E-state index contributed by atoms with van der Waals surface area (Å²) in [6, 6.07) is 4.10. The van der Waals surface area contributed by atoms with Crippen molar-refractivity contribution >= 4 is 23.2 Å². The predicted octanol–water partition coefficient (Wildman–Crippen LogP) is 2.03. The van der Waals surface area contributed by atoms with Gasteiger partial charge < -0.3 is 19.8 Å². The van der Waals surface area contributed by atoms with Crippen LogP contribution >= 0.6 is 11.6 Å². The van der Waals surface area contributed by atoms with Crippen LogP contribution in [0, 0.1) is 10.1 Å². The van der Waals surface area contributed by atoms with Gasteiger partial charge in [-0.3, -0.25) is 4.79 Å². The van der Waals surface area contributed by atoms with Crippen LogP contribution in [0.4, 0.5) is 5.82 Å². The van der Waals surface area contributed by atoms with Crippen LogP contribution in [-0.4, -0.2) is 25.4 Å². The molecule has 1 aromatic carbocycles. The lowest BCUT2D eigenvalue weighted by molar-refractivity contribution is -0.389. The first-order chi connectivity index (χ1) is 8.97. The number of phenols is 1. The highest BCUT2D eigenvalue weighted by atomic mass is 35.5. The van der Waals surface area contributed by atoms with Gasteiger partial charge in [0.05, 0.1) is 12.1 Å². The molecule has 98 valence electrons. The molecule has 0 atom stereocenters. The number of phenolic OH excluding ortho intramolecular Hbond substituents is 1. The fraction of sp³-hybridized carbons (Fsp3) is 0.0909. The van der Waals surface area contributed by atoms with E-state index in [1.807, 2.05) is 0 Å². The Bertz CT molecular complexity index is 653. The molecule has 0 aliphatic heterocycles. The molecule has 2 aromatic rings. The molecule has 8 heteroatoms. The maximum Gasteiger partial charge on any atom is 0.381 e. The van der Waals surface area contributed by atoms with Crippen LogP contribution in [0.5, 0.6) is 5.75 Å². The summed E-state index contributed by atoms with van der Waals surface area (Å²) in [5.74, 6) is -0.959. The van der Waals surface area contributed by atoms with Gasteiger partial charge in [0.25, 0.3) is 0 Å². The second-order valence-electron chi connectivity index (χ2n) is 3.75. The van der Waals surface area contributed by atoms with Crippen LogP contribution in [0.2, 0.25) is 5.02 Å². The second kappa shape index (κ2) is 5.07. The summed E-state index contributed by atoms with van der Waals surface area (Å²) >= 11 is 5.74. The minimum Gasteiger partial charge on any atom is -0.507 e. The summed E-state index contributed by atoms with van der Waals surface area (Å²) in [5.41, 5.74) is 0.0591. The fourth-order valence-corrected chi connectivity index (χ4v) is 1.68. The summed E-state index contributed by atoms with van der Waals surface area (Å²) in [6.45, 7) is -0.172. The van der Waals surface area contributed by atoms with Crippen molar-refractivity contribution in [2.24, 2.45) is 0 Å². The number of hydrogen-bond acceptors (Lipinski definition) is 5. The second-order valence-corrected chi connectivity index (χ2v) is 4.18. The smallest absolute Gasteiger partial charge is 0.381 e. The summed E-state index contributed by atoms with van der Waals surface area (Å²) in [5, 5.41) is 20.3. The zero-order valence-electron chi connectivity index (χ0n) is 9.49. The monoisotopic (exact) mass is 281 g/mol. The molecule has 0 unspecified atom stereocenters. The number of Topliss-reactive ketones (excluding diaryl/α,β-unsaturated/α-hetero) is 1. The van der Waals surface area contributed by atoms with Crippen molar-refractivity contribution in [3.05, 3.63) is 51.4 Å². The summed E-state index contributed by atoms with van der Waals surface area (Å²) < 4.78 is 1.26. The number of aromatic hydroxyl groups is 1. The SMILES string of the molecule is O=C(Cn1cnc([N+](=O)[O-])c1)c1cc(Cl)ccc1O. The number of benzene rings is 1. The van der Waals surface area contributed by atoms with E-state index in [1.54, 1.807) is 0 Å². The highest BCUT2D eigenvalue weighted by molar-refractivity contribution is 6.31. The van der Waals surface area contributed by atoms with Crippen molar-refractivity contribution in [1.29, 1.82) is 0 Å². The summed E-state index contributed by atoms with van der Waals surface area (Å²) in [7, 11) is 0. The predicted molar refractivity (Wildman–Crippen MR) is 66.3 cm³/mol. The third-order valence-electron chi connectivity index (χ3n) is 2.39. The number of halogens is 1. The van der Waals surface area contributed by atoms with Crippen LogP contribution in [0.3, 0.4) is 0 Å². The third kappa shape index (κ3) is 2.89. The lowest BCUT2D eigenvalue weighted by Gasteiger charge is -2.04. The highest BCUT2D eigenvalue weighted by Crippen LogP contribution is 2.22. The fourth-order valence-electron chi connectivity index (χ4n) is 1.51. The van der Waals surface area contributed by atoms with Gasteiger partial charge in [-0.15, -0.1) is 0 Å². The van der Waals surface area contributed by atoms with E-state index < -0.39 is 10.7 Å². The van der Waals surface area contributed by atoms with Gasteiger partial charge in [0, 0.05) is 5.02 Å². The summed E-state index contributed by atoms with van der Waals surface area (Å²) in [6.07, 6.45) is 2.32. The highest BCUT2D eigenvalue weighted by Gasteiger charge is 2.15. The van der Waals surface area contributed by atoms with E-state index in [-0.39, 0.29) is 23.7 Å². The number of carbonyl (C=O) groups is 1. The van der Waals surface area contributed by atoms with Gasteiger partial charge in [-0.05, 0) is 28.1 Å². The topological polar surface area (TPSA) is 98.3 Å². The van der Waals surface area contributed by atoms with Gasteiger partial charge in [-0.1, -0.05) is 11.6 Å². The van der Waals surface area contributed by atoms with E-state index in [9.17, 15) is 20.0 Å². The number of nitro groups is 1. The minimum absolute atomic E-state index is 0.0591. The molecule has 0 spiro atoms. The van der Waals surface area contributed by atoms with E-state index in [2.05, 4.69) is 4.98 Å². The largest absolute Gasteiger partial charge is 0.507 e. The average Bonchev–Trinajstić information content (AvgIpc) is 2.80. The zero-order chi connectivity index (χ0) is 14.0. The Morgan fingerprint density at radius 1 is 1.53 bits per heavy atom. The van der Waals surface area contributed by atoms with Gasteiger partial charge in [0.15, 0.2) is 5.78 Å². The molecule has 19 heavy (non-hydrogen) atoms. The van der Waals surface area contributed by atoms with Crippen molar-refractivity contribution in [2.45, 2.75) is 6.54 Å². The first kappa shape index (κ1) is 13.0. The van der Waals surface area contributed by atoms with Gasteiger partial charge in [-0.25, -0.2) is 0 Å². The number of ketones is 1. The van der Waals surface area contributed by atoms with Crippen LogP contribution < -0.4 is 0 Å². The van der Waals surface area contributed by atoms with Crippen molar-refractivity contribution in [2.75, 3.05) is 0 Å². The molecule has 1 aromatic heterocycles. The first-order valence-electron chi connectivity index (χ1n) is 5.15. The quantitative estimate of drug-likeness (QED) is 0.525. The standard InChI is InChI=1S/C11H8ClN3O4/c12-7-1-2-9(16)8(3-7)10(17)4-14-5-11(13-6-14)15(18)19/h1-3,5-6,16H,4H2. The van der Waals surface area contributed by atoms with E-state index >= 15 is 0 Å². The lowest BCUT2D eigenvalue weighted by Crippen LogP contribution is -2.09. The van der Waals surface area contributed by atoms with Crippen molar-refractivity contribution in [3.63, 3.8) is 0 Å². The van der Waals surface area contributed by atoms with E-state index in [0.29, 0.717) is 5.02 Å². The molecule has 0 bridgehead atoms. The third-order valence-corrected chi connectivity index (χ3v) is 2.63. The molecule has 0 amide bonds. The maximum absolute atomic E-state index is 11.9. The number of nitrogens with zero attached hydrogens (tertiary/aromatic N) is 3. The Hall–Kier alpha value is -2.41. The number of imidazole rings is 1. The molecule has 0 fully saturated rings. The van der Waals surface area contributed by atoms with Gasteiger partial charge in [-0.2, -0.15) is 0 Å². The molecule has 7 nitrogen and oxygen atoms in total. The van der Waals surface area contributed by atoms with Crippen molar-refractivity contribution < 1.29 is 14.8 Å². The molecular formula is C11H8ClN3O4. The normalized spacial score (nSPS) is 10.4. The van der Waals surface area contributed by atoms with Crippen LogP contribution in [0.15, 0.2) is 30.7 Å². The van der Waals surface area contributed by atoms with E-state index in [0.717, 1.165) is 6.20 Å². The minimum atomic E-state index is -0.655. The molecule has 1 heterocycles.